The van der Waals surface area contributed by atoms with Crippen molar-refractivity contribution in [3.05, 3.63) is 58.3 Å². The SMILES string of the molecule is CC(C)(C)NC(=O)c1c[nH]c(=O)n1Cc1ccccc1. The van der Waals surface area contributed by atoms with Crippen LogP contribution in [0.3, 0.4) is 0 Å². The van der Waals surface area contributed by atoms with E-state index in [0.29, 0.717) is 12.2 Å². The van der Waals surface area contributed by atoms with Crippen LogP contribution in [0.4, 0.5) is 0 Å². The van der Waals surface area contributed by atoms with E-state index in [1.807, 2.05) is 51.1 Å². The molecule has 1 aromatic heterocycles. The maximum absolute atomic E-state index is 12.2. The molecule has 1 amide bonds. The third-order valence-electron chi connectivity index (χ3n) is 2.77. The van der Waals surface area contributed by atoms with Gasteiger partial charge in [0.2, 0.25) is 0 Å². The second-order valence-electron chi connectivity index (χ2n) is 5.75. The van der Waals surface area contributed by atoms with Crippen LogP contribution in [0.1, 0.15) is 36.8 Å². The van der Waals surface area contributed by atoms with Gasteiger partial charge in [-0.1, -0.05) is 30.3 Å². The topological polar surface area (TPSA) is 66.9 Å². The van der Waals surface area contributed by atoms with E-state index in [-0.39, 0.29) is 17.1 Å². The third kappa shape index (κ3) is 3.38. The van der Waals surface area contributed by atoms with E-state index in [1.165, 1.54) is 10.8 Å². The summed E-state index contributed by atoms with van der Waals surface area (Å²) in [5, 5.41) is 2.86. The van der Waals surface area contributed by atoms with Gasteiger partial charge in [0.05, 0.1) is 6.54 Å². The summed E-state index contributed by atoms with van der Waals surface area (Å²) in [6, 6.07) is 9.57. The van der Waals surface area contributed by atoms with Crippen LogP contribution in [-0.4, -0.2) is 21.0 Å². The standard InChI is InChI=1S/C15H19N3O2/c1-15(2,3)17-13(19)12-9-16-14(20)18(12)10-11-7-5-4-6-8-11/h4-9H,10H2,1-3H3,(H,16,20)(H,17,19). The van der Waals surface area contributed by atoms with E-state index >= 15 is 0 Å². The van der Waals surface area contributed by atoms with Crippen LogP contribution >= 0.6 is 0 Å². The summed E-state index contributed by atoms with van der Waals surface area (Å²) >= 11 is 0. The van der Waals surface area contributed by atoms with Crippen LogP contribution in [0, 0.1) is 0 Å². The number of hydrogen-bond acceptors (Lipinski definition) is 2. The number of carbonyl (C=O) groups is 1. The molecule has 0 unspecified atom stereocenters. The zero-order chi connectivity index (χ0) is 14.8. The molecule has 0 saturated heterocycles. The predicted molar refractivity (Wildman–Crippen MR) is 77.8 cm³/mol. The van der Waals surface area contributed by atoms with Crippen molar-refractivity contribution in [3.63, 3.8) is 0 Å². The largest absolute Gasteiger partial charge is 0.346 e. The molecule has 0 aliphatic carbocycles. The molecule has 0 fully saturated rings. The average Bonchev–Trinajstić information content (AvgIpc) is 2.70. The van der Waals surface area contributed by atoms with Crippen LogP contribution in [0.5, 0.6) is 0 Å². The van der Waals surface area contributed by atoms with Crippen molar-refractivity contribution in [1.82, 2.24) is 14.9 Å². The van der Waals surface area contributed by atoms with Gasteiger partial charge in [-0.2, -0.15) is 0 Å². The number of aromatic nitrogens is 2. The average molecular weight is 273 g/mol. The van der Waals surface area contributed by atoms with Gasteiger partial charge in [0.25, 0.3) is 5.91 Å². The minimum absolute atomic E-state index is 0.258. The lowest BCUT2D eigenvalue weighted by atomic mass is 10.1. The summed E-state index contributed by atoms with van der Waals surface area (Å²) < 4.78 is 1.44. The number of hydrogen-bond donors (Lipinski definition) is 2. The molecule has 5 heteroatoms. The molecule has 0 spiro atoms. The Labute approximate surface area is 117 Å². The van der Waals surface area contributed by atoms with Crippen LogP contribution < -0.4 is 11.0 Å². The summed E-state index contributed by atoms with van der Waals surface area (Å²) in [4.78, 5) is 26.6. The highest BCUT2D eigenvalue weighted by atomic mass is 16.2. The second kappa shape index (κ2) is 5.36. The van der Waals surface area contributed by atoms with Gasteiger partial charge in [0.15, 0.2) is 0 Å². The van der Waals surface area contributed by atoms with Gasteiger partial charge >= 0.3 is 5.69 Å². The fraction of sp³-hybridized carbons (Fsp3) is 0.333. The van der Waals surface area contributed by atoms with Crippen molar-refractivity contribution in [2.45, 2.75) is 32.9 Å². The van der Waals surface area contributed by atoms with Crippen molar-refractivity contribution in [2.24, 2.45) is 0 Å². The molecule has 0 bridgehead atoms. The first-order chi connectivity index (χ1) is 9.37. The summed E-state index contributed by atoms with van der Waals surface area (Å²) in [7, 11) is 0. The maximum Gasteiger partial charge on any atom is 0.326 e. The van der Waals surface area contributed by atoms with Crippen LogP contribution in [0.25, 0.3) is 0 Å². The number of nitrogens with zero attached hydrogens (tertiary/aromatic N) is 1. The lowest BCUT2D eigenvalue weighted by Crippen LogP contribution is -2.42. The number of carbonyl (C=O) groups excluding carboxylic acids is 1. The molecule has 2 aromatic rings. The van der Waals surface area contributed by atoms with Gasteiger partial charge in [0.1, 0.15) is 5.69 Å². The lowest BCUT2D eigenvalue weighted by Gasteiger charge is -2.20. The van der Waals surface area contributed by atoms with Crippen LogP contribution in [0.2, 0.25) is 0 Å². The maximum atomic E-state index is 12.2. The monoisotopic (exact) mass is 273 g/mol. The molecule has 2 rings (SSSR count). The zero-order valence-electron chi connectivity index (χ0n) is 11.9. The highest BCUT2D eigenvalue weighted by Crippen LogP contribution is 2.06. The minimum Gasteiger partial charge on any atom is -0.346 e. The van der Waals surface area contributed by atoms with Gasteiger partial charge in [-0.25, -0.2) is 4.79 Å². The first kappa shape index (κ1) is 14.1. The molecule has 1 heterocycles. The Balaban J connectivity index is 2.28. The van der Waals surface area contributed by atoms with Crippen molar-refractivity contribution in [2.75, 3.05) is 0 Å². The van der Waals surface area contributed by atoms with E-state index in [0.717, 1.165) is 5.56 Å². The Morgan fingerprint density at radius 2 is 1.90 bits per heavy atom. The molecule has 0 atom stereocenters. The number of amides is 1. The highest BCUT2D eigenvalue weighted by Gasteiger charge is 2.19. The number of benzene rings is 1. The Bertz CT molecular complexity index is 648. The molecule has 2 N–H and O–H groups in total. The quantitative estimate of drug-likeness (QED) is 0.894. The second-order valence-corrected chi connectivity index (χ2v) is 5.75. The Morgan fingerprint density at radius 1 is 1.25 bits per heavy atom. The smallest absolute Gasteiger partial charge is 0.326 e. The van der Waals surface area contributed by atoms with Gasteiger partial charge in [-0.3, -0.25) is 9.36 Å². The normalized spacial score (nSPS) is 11.3. The molecule has 1 aromatic carbocycles. The van der Waals surface area contributed by atoms with Gasteiger partial charge < -0.3 is 10.3 Å². The molecule has 0 radical (unpaired) electrons. The van der Waals surface area contributed by atoms with Crippen molar-refractivity contribution >= 4 is 5.91 Å². The number of imidazole rings is 1. The molecular weight excluding hydrogens is 254 g/mol. The lowest BCUT2D eigenvalue weighted by molar-refractivity contribution is 0.0910. The zero-order valence-corrected chi connectivity index (χ0v) is 11.9. The van der Waals surface area contributed by atoms with Crippen molar-refractivity contribution < 1.29 is 4.79 Å². The van der Waals surface area contributed by atoms with Gasteiger partial charge in [-0.15, -0.1) is 0 Å². The molecule has 20 heavy (non-hydrogen) atoms. The van der Waals surface area contributed by atoms with E-state index in [1.54, 1.807) is 0 Å². The molecule has 0 saturated carbocycles. The number of aromatic amines is 1. The first-order valence-corrected chi connectivity index (χ1v) is 6.51. The van der Waals surface area contributed by atoms with Crippen LogP contribution in [-0.2, 0) is 6.54 Å². The van der Waals surface area contributed by atoms with Crippen LogP contribution in [0.15, 0.2) is 41.3 Å². The summed E-state index contributed by atoms with van der Waals surface area (Å²) in [5.41, 5.74) is 0.683. The van der Waals surface area contributed by atoms with Crippen molar-refractivity contribution in [1.29, 1.82) is 0 Å². The fourth-order valence-corrected chi connectivity index (χ4v) is 1.91. The third-order valence-corrected chi connectivity index (χ3v) is 2.77. The number of rotatable bonds is 3. The number of H-pyrrole nitrogens is 1. The summed E-state index contributed by atoms with van der Waals surface area (Å²) in [5.74, 6) is -0.258. The van der Waals surface area contributed by atoms with E-state index < -0.39 is 0 Å². The van der Waals surface area contributed by atoms with Crippen molar-refractivity contribution in [3.8, 4) is 0 Å². The molecule has 106 valence electrons. The molecular formula is C15H19N3O2. The number of nitrogens with one attached hydrogen (secondary N) is 2. The highest BCUT2D eigenvalue weighted by molar-refractivity contribution is 5.92. The van der Waals surface area contributed by atoms with Gasteiger partial charge in [0, 0.05) is 11.7 Å². The Hall–Kier alpha value is -2.30. The first-order valence-electron chi connectivity index (χ1n) is 6.51. The Kier molecular flexibility index (Phi) is 3.79. The predicted octanol–water partition coefficient (Wildman–Crippen LogP) is 1.75. The molecule has 0 aliphatic rings. The summed E-state index contributed by atoms with van der Waals surface area (Å²) in [6.07, 6.45) is 1.45. The molecule has 0 aliphatic heterocycles. The van der Waals surface area contributed by atoms with E-state index in [9.17, 15) is 9.59 Å². The van der Waals surface area contributed by atoms with Gasteiger partial charge in [-0.05, 0) is 26.3 Å². The minimum atomic E-state index is -0.345. The van der Waals surface area contributed by atoms with E-state index in [4.69, 9.17) is 0 Å². The fourth-order valence-electron chi connectivity index (χ4n) is 1.91. The summed E-state index contributed by atoms with van der Waals surface area (Å²) in [6.45, 7) is 6.07. The Morgan fingerprint density at radius 3 is 2.50 bits per heavy atom. The van der Waals surface area contributed by atoms with E-state index in [2.05, 4.69) is 10.3 Å². The molecule has 5 nitrogen and oxygen atoms in total.